The number of furan rings is 1. The average Bonchev–Trinajstić information content (AvgIpc) is 3.12. The fraction of sp³-hybridized carbons (Fsp3) is 0.640. The first kappa shape index (κ1) is 22.8. The van der Waals surface area contributed by atoms with Crippen LogP contribution in [0.15, 0.2) is 34.7 Å². The molecule has 7 nitrogen and oxygen atoms in total. The summed E-state index contributed by atoms with van der Waals surface area (Å²) in [5.74, 6) is -1.19. The zero-order chi connectivity index (χ0) is 23.3. The highest BCUT2D eigenvalue weighted by molar-refractivity contribution is 5.91. The molecule has 0 amide bonds. The SMILES string of the molecule is C/C=C(/C)C(=O)O[C@H](C[C@@H](C)[C@H]1C[C@@H](c2ccoc2)OC1=O)[C@@]1(C)C(=O)CC[C@H]2O[C@]21C. The van der Waals surface area contributed by atoms with Gasteiger partial charge in [0.2, 0.25) is 0 Å². The number of fused-ring (bicyclic) bond motifs is 1. The van der Waals surface area contributed by atoms with Gasteiger partial charge in [0.05, 0.1) is 30.0 Å². The molecule has 174 valence electrons. The lowest BCUT2D eigenvalue weighted by Gasteiger charge is -2.42. The molecule has 0 aromatic carbocycles. The van der Waals surface area contributed by atoms with Crippen molar-refractivity contribution in [3.05, 3.63) is 35.8 Å². The number of carbonyl (C=O) groups excluding carboxylic acids is 3. The minimum absolute atomic E-state index is 0.00793. The first-order valence-electron chi connectivity index (χ1n) is 11.4. The highest BCUT2D eigenvalue weighted by Gasteiger charge is 2.72. The van der Waals surface area contributed by atoms with E-state index in [9.17, 15) is 14.4 Å². The molecule has 0 radical (unpaired) electrons. The van der Waals surface area contributed by atoms with Gasteiger partial charge in [-0.05, 0) is 52.5 Å². The Morgan fingerprint density at radius 1 is 1.34 bits per heavy atom. The van der Waals surface area contributed by atoms with Crippen LogP contribution < -0.4 is 0 Å². The molecular weight excluding hydrogens is 412 g/mol. The fourth-order valence-electron chi connectivity index (χ4n) is 5.32. The minimum atomic E-state index is -0.972. The van der Waals surface area contributed by atoms with Gasteiger partial charge in [-0.1, -0.05) is 13.0 Å². The third-order valence-electron chi connectivity index (χ3n) is 8.05. The van der Waals surface area contributed by atoms with Crippen LogP contribution in [-0.4, -0.2) is 35.5 Å². The monoisotopic (exact) mass is 444 g/mol. The highest BCUT2D eigenvalue weighted by atomic mass is 16.6. The van der Waals surface area contributed by atoms with E-state index < -0.39 is 23.1 Å². The molecule has 0 N–H and O–H groups in total. The van der Waals surface area contributed by atoms with E-state index in [-0.39, 0.29) is 35.8 Å². The van der Waals surface area contributed by atoms with Crippen molar-refractivity contribution in [3.63, 3.8) is 0 Å². The summed E-state index contributed by atoms with van der Waals surface area (Å²) in [5, 5.41) is 0. The number of allylic oxidation sites excluding steroid dienone is 1. The summed E-state index contributed by atoms with van der Waals surface area (Å²) in [6, 6.07) is 1.79. The van der Waals surface area contributed by atoms with E-state index >= 15 is 0 Å². The molecule has 3 fully saturated rings. The lowest BCUT2D eigenvalue weighted by atomic mass is 9.62. The minimum Gasteiger partial charge on any atom is -0.472 e. The van der Waals surface area contributed by atoms with Crippen LogP contribution in [0.5, 0.6) is 0 Å². The number of Topliss-reactive ketones (excluding diaryl/α,β-unsaturated/α-hetero) is 1. The van der Waals surface area contributed by atoms with Crippen molar-refractivity contribution in [1.29, 1.82) is 0 Å². The molecule has 0 bridgehead atoms. The smallest absolute Gasteiger partial charge is 0.333 e. The Kier molecular flexibility index (Phi) is 5.82. The number of epoxide rings is 1. The normalized spacial score (nSPS) is 36.3. The Bertz CT molecular complexity index is 932. The topological polar surface area (TPSA) is 95.3 Å². The van der Waals surface area contributed by atoms with Crippen molar-refractivity contribution >= 4 is 17.7 Å². The van der Waals surface area contributed by atoms with E-state index in [1.54, 1.807) is 38.5 Å². The molecule has 3 heterocycles. The van der Waals surface area contributed by atoms with Gasteiger partial charge in [0.25, 0.3) is 0 Å². The summed E-state index contributed by atoms with van der Waals surface area (Å²) in [5.41, 5.74) is -0.323. The second kappa shape index (κ2) is 8.18. The number of rotatable bonds is 7. The summed E-state index contributed by atoms with van der Waals surface area (Å²) in [6.45, 7) is 9.20. The predicted molar refractivity (Wildman–Crippen MR) is 114 cm³/mol. The first-order chi connectivity index (χ1) is 15.1. The zero-order valence-corrected chi connectivity index (χ0v) is 19.4. The maximum Gasteiger partial charge on any atom is 0.333 e. The lowest BCUT2D eigenvalue weighted by molar-refractivity contribution is -0.163. The van der Waals surface area contributed by atoms with Crippen molar-refractivity contribution in [2.45, 2.75) is 84.2 Å². The second-order valence-electron chi connectivity index (χ2n) is 9.78. The van der Waals surface area contributed by atoms with Crippen LogP contribution in [0.25, 0.3) is 0 Å². The third-order valence-corrected chi connectivity index (χ3v) is 8.05. The van der Waals surface area contributed by atoms with Crippen molar-refractivity contribution in [2.75, 3.05) is 0 Å². The van der Waals surface area contributed by atoms with Gasteiger partial charge in [-0.25, -0.2) is 4.79 Å². The van der Waals surface area contributed by atoms with E-state index in [1.165, 1.54) is 0 Å². The summed E-state index contributed by atoms with van der Waals surface area (Å²) < 4.78 is 22.7. The van der Waals surface area contributed by atoms with Crippen molar-refractivity contribution in [3.8, 4) is 0 Å². The van der Waals surface area contributed by atoms with Crippen molar-refractivity contribution in [1.82, 2.24) is 0 Å². The van der Waals surface area contributed by atoms with E-state index in [0.717, 1.165) is 5.56 Å². The molecule has 0 spiro atoms. The quantitative estimate of drug-likeness (QED) is 0.351. The Balaban J connectivity index is 1.57. The van der Waals surface area contributed by atoms with Crippen LogP contribution in [-0.2, 0) is 28.6 Å². The van der Waals surface area contributed by atoms with E-state index in [4.69, 9.17) is 18.6 Å². The largest absolute Gasteiger partial charge is 0.472 e. The van der Waals surface area contributed by atoms with Crippen molar-refractivity contribution < 1.29 is 33.0 Å². The Morgan fingerprint density at radius 2 is 2.09 bits per heavy atom. The number of carbonyl (C=O) groups is 3. The summed E-state index contributed by atoms with van der Waals surface area (Å²) in [4.78, 5) is 38.6. The van der Waals surface area contributed by atoms with Crippen LogP contribution >= 0.6 is 0 Å². The lowest BCUT2D eigenvalue weighted by Crippen LogP contribution is -2.55. The molecule has 32 heavy (non-hydrogen) atoms. The molecule has 7 heteroatoms. The summed E-state index contributed by atoms with van der Waals surface area (Å²) >= 11 is 0. The first-order valence-corrected chi connectivity index (χ1v) is 11.4. The van der Waals surface area contributed by atoms with Crippen LogP contribution in [0, 0.1) is 17.3 Å². The molecule has 1 aromatic heterocycles. The fourth-order valence-corrected chi connectivity index (χ4v) is 5.32. The van der Waals surface area contributed by atoms with Gasteiger partial charge in [0, 0.05) is 24.0 Å². The second-order valence-corrected chi connectivity index (χ2v) is 9.78. The number of hydrogen-bond donors (Lipinski definition) is 0. The molecule has 2 aliphatic heterocycles. The average molecular weight is 445 g/mol. The third kappa shape index (κ3) is 3.60. The molecule has 7 atom stereocenters. The van der Waals surface area contributed by atoms with Gasteiger partial charge in [0.1, 0.15) is 23.6 Å². The predicted octanol–water partition coefficient (Wildman–Crippen LogP) is 4.31. The van der Waals surface area contributed by atoms with Gasteiger partial charge in [-0.15, -0.1) is 0 Å². The standard InChI is InChI=1S/C25H32O7/c1-6-14(2)22(27)31-21(24(4)19(26)7-8-20-25(24,5)32-20)11-15(3)17-12-18(30-23(17)28)16-9-10-29-13-16/h6,9-10,13,15,17-18,20-21H,7-8,11-12H2,1-5H3/b14-6-/t15-,17-,18+,20-,21-,24-,25-/m1/s1. The Hall–Kier alpha value is -2.41. The van der Waals surface area contributed by atoms with E-state index in [1.807, 2.05) is 20.8 Å². The Labute approximate surface area is 188 Å². The number of hydrogen-bond acceptors (Lipinski definition) is 7. The molecular formula is C25H32O7. The number of cyclic esters (lactones) is 1. The number of esters is 2. The molecule has 0 unspecified atom stereocenters. The van der Waals surface area contributed by atoms with Crippen LogP contribution in [0.2, 0.25) is 0 Å². The van der Waals surface area contributed by atoms with Gasteiger partial charge in [-0.2, -0.15) is 0 Å². The van der Waals surface area contributed by atoms with Crippen LogP contribution in [0.3, 0.4) is 0 Å². The molecule has 1 aromatic rings. The number of ketones is 1. The van der Waals surface area contributed by atoms with Gasteiger partial charge >= 0.3 is 11.9 Å². The van der Waals surface area contributed by atoms with Gasteiger partial charge in [-0.3, -0.25) is 9.59 Å². The molecule has 4 rings (SSSR count). The van der Waals surface area contributed by atoms with Crippen molar-refractivity contribution in [2.24, 2.45) is 17.3 Å². The highest BCUT2D eigenvalue weighted by Crippen LogP contribution is 2.59. The van der Waals surface area contributed by atoms with Crippen LogP contribution in [0.4, 0.5) is 0 Å². The molecule has 1 aliphatic carbocycles. The van der Waals surface area contributed by atoms with Gasteiger partial charge < -0.3 is 18.6 Å². The maximum absolute atomic E-state index is 13.2. The number of ether oxygens (including phenoxy) is 3. The molecule has 1 saturated carbocycles. The summed E-state index contributed by atoms with van der Waals surface area (Å²) in [6.07, 6.45) is 5.76. The molecule has 3 aliphatic rings. The van der Waals surface area contributed by atoms with Crippen LogP contribution in [0.1, 0.15) is 72.0 Å². The zero-order valence-electron chi connectivity index (χ0n) is 19.4. The van der Waals surface area contributed by atoms with Gasteiger partial charge in [0.15, 0.2) is 0 Å². The molecule has 2 saturated heterocycles. The van der Waals surface area contributed by atoms with E-state index in [2.05, 4.69) is 0 Å². The Morgan fingerprint density at radius 3 is 2.75 bits per heavy atom. The summed E-state index contributed by atoms with van der Waals surface area (Å²) in [7, 11) is 0. The van der Waals surface area contributed by atoms with E-state index in [0.29, 0.717) is 31.3 Å². The maximum atomic E-state index is 13.2.